The molecule has 0 saturated carbocycles. The van der Waals surface area contributed by atoms with Gasteiger partial charge in [0.15, 0.2) is 0 Å². The van der Waals surface area contributed by atoms with E-state index < -0.39 is 17.6 Å². The number of anilines is 1. The van der Waals surface area contributed by atoms with Crippen molar-refractivity contribution in [3.05, 3.63) is 71.4 Å². The van der Waals surface area contributed by atoms with Crippen molar-refractivity contribution in [1.82, 2.24) is 4.98 Å². The Balaban J connectivity index is 1.87. The van der Waals surface area contributed by atoms with Gasteiger partial charge in [0.05, 0.1) is 16.8 Å². The van der Waals surface area contributed by atoms with Crippen molar-refractivity contribution in [2.24, 2.45) is 0 Å². The molecule has 6 heteroatoms. The SMILES string of the molecule is Cc1ccc2c(NC(=O)c3ccc(C(F)(F)F)cc3)cccc2n1. The Morgan fingerprint density at radius 2 is 1.71 bits per heavy atom. The van der Waals surface area contributed by atoms with Gasteiger partial charge in [0, 0.05) is 16.6 Å². The van der Waals surface area contributed by atoms with Crippen molar-refractivity contribution in [2.75, 3.05) is 5.32 Å². The molecular formula is C18H13F3N2O. The van der Waals surface area contributed by atoms with Gasteiger partial charge in [0.25, 0.3) is 5.91 Å². The van der Waals surface area contributed by atoms with Crippen LogP contribution in [0.5, 0.6) is 0 Å². The van der Waals surface area contributed by atoms with Crippen LogP contribution in [0.15, 0.2) is 54.6 Å². The number of hydrogen-bond acceptors (Lipinski definition) is 2. The lowest BCUT2D eigenvalue weighted by Crippen LogP contribution is -2.13. The number of amides is 1. The van der Waals surface area contributed by atoms with Crippen LogP contribution in [0.4, 0.5) is 18.9 Å². The van der Waals surface area contributed by atoms with Crippen molar-refractivity contribution in [3.8, 4) is 0 Å². The predicted molar refractivity (Wildman–Crippen MR) is 85.9 cm³/mol. The Morgan fingerprint density at radius 1 is 1.00 bits per heavy atom. The molecule has 0 aliphatic carbocycles. The number of fused-ring (bicyclic) bond motifs is 1. The van der Waals surface area contributed by atoms with Crippen molar-refractivity contribution in [2.45, 2.75) is 13.1 Å². The van der Waals surface area contributed by atoms with Crippen LogP contribution in [0.2, 0.25) is 0 Å². The number of hydrogen-bond donors (Lipinski definition) is 1. The van der Waals surface area contributed by atoms with E-state index in [-0.39, 0.29) is 5.56 Å². The minimum Gasteiger partial charge on any atom is -0.321 e. The van der Waals surface area contributed by atoms with Gasteiger partial charge in [-0.05, 0) is 55.5 Å². The Bertz CT molecular complexity index is 902. The predicted octanol–water partition coefficient (Wildman–Crippen LogP) is 4.81. The molecule has 1 heterocycles. The molecule has 2 aromatic carbocycles. The summed E-state index contributed by atoms with van der Waals surface area (Å²) in [5, 5.41) is 3.49. The van der Waals surface area contributed by atoms with Crippen LogP contribution in [0, 0.1) is 6.92 Å². The summed E-state index contributed by atoms with van der Waals surface area (Å²) in [6, 6.07) is 13.1. The molecule has 122 valence electrons. The lowest BCUT2D eigenvalue weighted by atomic mass is 10.1. The van der Waals surface area contributed by atoms with Crippen LogP contribution >= 0.6 is 0 Å². The summed E-state index contributed by atoms with van der Waals surface area (Å²) >= 11 is 0. The van der Waals surface area contributed by atoms with E-state index in [0.717, 1.165) is 40.9 Å². The molecule has 0 spiro atoms. The summed E-state index contributed by atoms with van der Waals surface area (Å²) < 4.78 is 37.7. The van der Waals surface area contributed by atoms with Crippen LogP contribution in [0.1, 0.15) is 21.6 Å². The maximum absolute atomic E-state index is 12.6. The summed E-state index contributed by atoms with van der Waals surface area (Å²) in [6.07, 6.45) is -4.42. The Kier molecular flexibility index (Phi) is 3.97. The number of aromatic nitrogens is 1. The molecule has 0 atom stereocenters. The standard InChI is InChI=1S/C18H13F3N2O/c1-11-5-10-14-15(22-11)3-2-4-16(14)23-17(24)12-6-8-13(9-7-12)18(19,20)21/h2-10H,1H3,(H,23,24). The summed E-state index contributed by atoms with van der Waals surface area (Å²) in [5.74, 6) is -0.475. The van der Waals surface area contributed by atoms with Gasteiger partial charge in [-0.3, -0.25) is 9.78 Å². The fraction of sp³-hybridized carbons (Fsp3) is 0.111. The lowest BCUT2D eigenvalue weighted by Gasteiger charge is -2.10. The number of rotatable bonds is 2. The fourth-order valence-electron chi connectivity index (χ4n) is 2.37. The number of carbonyl (C=O) groups is 1. The average molecular weight is 330 g/mol. The zero-order valence-electron chi connectivity index (χ0n) is 12.7. The second-order valence-corrected chi connectivity index (χ2v) is 5.35. The zero-order chi connectivity index (χ0) is 17.3. The van der Waals surface area contributed by atoms with E-state index in [4.69, 9.17) is 0 Å². The minimum absolute atomic E-state index is 0.153. The first-order chi connectivity index (χ1) is 11.3. The maximum Gasteiger partial charge on any atom is 0.416 e. The molecule has 3 nitrogen and oxygen atoms in total. The van der Waals surface area contributed by atoms with Gasteiger partial charge < -0.3 is 5.32 Å². The summed E-state index contributed by atoms with van der Waals surface area (Å²) in [4.78, 5) is 16.7. The third-order valence-electron chi connectivity index (χ3n) is 3.59. The first-order valence-corrected chi connectivity index (χ1v) is 7.19. The van der Waals surface area contributed by atoms with Crippen LogP contribution < -0.4 is 5.32 Å². The molecule has 0 bridgehead atoms. The van der Waals surface area contributed by atoms with Crippen molar-refractivity contribution in [1.29, 1.82) is 0 Å². The number of nitrogens with one attached hydrogen (secondary N) is 1. The number of halogens is 3. The molecular weight excluding hydrogens is 317 g/mol. The molecule has 24 heavy (non-hydrogen) atoms. The lowest BCUT2D eigenvalue weighted by molar-refractivity contribution is -0.137. The molecule has 0 radical (unpaired) electrons. The summed E-state index contributed by atoms with van der Waals surface area (Å²) in [5.41, 5.74) is 1.52. The molecule has 0 aliphatic rings. The van der Waals surface area contributed by atoms with Crippen LogP contribution in [-0.2, 0) is 6.18 Å². The second-order valence-electron chi connectivity index (χ2n) is 5.35. The third-order valence-corrected chi connectivity index (χ3v) is 3.59. The molecule has 0 aliphatic heterocycles. The normalized spacial score (nSPS) is 11.5. The first kappa shape index (κ1) is 16.0. The third kappa shape index (κ3) is 3.22. The molecule has 3 aromatic rings. The highest BCUT2D eigenvalue weighted by molar-refractivity contribution is 6.08. The Hall–Kier alpha value is -2.89. The van der Waals surface area contributed by atoms with Gasteiger partial charge in [-0.25, -0.2) is 0 Å². The highest BCUT2D eigenvalue weighted by atomic mass is 19.4. The molecule has 1 amide bonds. The zero-order valence-corrected chi connectivity index (χ0v) is 12.7. The van der Waals surface area contributed by atoms with Crippen molar-refractivity contribution in [3.63, 3.8) is 0 Å². The van der Waals surface area contributed by atoms with Gasteiger partial charge in [-0.15, -0.1) is 0 Å². The number of benzene rings is 2. The highest BCUT2D eigenvalue weighted by Gasteiger charge is 2.30. The van der Waals surface area contributed by atoms with Crippen LogP contribution in [0.3, 0.4) is 0 Å². The van der Waals surface area contributed by atoms with E-state index in [2.05, 4.69) is 10.3 Å². The van der Waals surface area contributed by atoms with Gasteiger partial charge in [0.1, 0.15) is 0 Å². The van der Waals surface area contributed by atoms with E-state index in [1.165, 1.54) is 0 Å². The van der Waals surface area contributed by atoms with E-state index in [1.54, 1.807) is 12.1 Å². The van der Waals surface area contributed by atoms with Gasteiger partial charge in [-0.2, -0.15) is 13.2 Å². The van der Waals surface area contributed by atoms with Gasteiger partial charge >= 0.3 is 6.18 Å². The summed E-state index contributed by atoms with van der Waals surface area (Å²) in [6.45, 7) is 1.87. The second kappa shape index (κ2) is 5.96. The maximum atomic E-state index is 12.6. The van der Waals surface area contributed by atoms with Crippen molar-refractivity contribution >= 4 is 22.5 Å². The molecule has 0 saturated heterocycles. The minimum atomic E-state index is -4.42. The number of alkyl halides is 3. The Labute approximate surface area is 136 Å². The van der Waals surface area contributed by atoms with Gasteiger partial charge in [-0.1, -0.05) is 6.07 Å². The molecule has 3 rings (SSSR count). The largest absolute Gasteiger partial charge is 0.416 e. The molecule has 1 N–H and O–H groups in total. The quantitative estimate of drug-likeness (QED) is 0.732. The molecule has 0 unspecified atom stereocenters. The van der Waals surface area contributed by atoms with E-state index >= 15 is 0 Å². The topological polar surface area (TPSA) is 42.0 Å². The van der Waals surface area contributed by atoms with E-state index in [0.29, 0.717) is 5.69 Å². The van der Waals surface area contributed by atoms with E-state index in [1.807, 2.05) is 25.1 Å². The monoisotopic (exact) mass is 330 g/mol. The fourth-order valence-corrected chi connectivity index (χ4v) is 2.37. The highest BCUT2D eigenvalue weighted by Crippen LogP contribution is 2.29. The number of carbonyl (C=O) groups excluding carboxylic acids is 1. The Morgan fingerprint density at radius 3 is 2.38 bits per heavy atom. The number of aryl methyl sites for hydroxylation is 1. The van der Waals surface area contributed by atoms with E-state index in [9.17, 15) is 18.0 Å². The van der Waals surface area contributed by atoms with Gasteiger partial charge in [0.2, 0.25) is 0 Å². The van der Waals surface area contributed by atoms with Crippen molar-refractivity contribution < 1.29 is 18.0 Å². The van der Waals surface area contributed by atoms with Crippen LogP contribution in [-0.4, -0.2) is 10.9 Å². The number of nitrogens with zero attached hydrogens (tertiary/aromatic N) is 1. The first-order valence-electron chi connectivity index (χ1n) is 7.19. The number of pyridine rings is 1. The average Bonchev–Trinajstić information content (AvgIpc) is 2.54. The molecule has 0 fully saturated rings. The summed E-state index contributed by atoms with van der Waals surface area (Å²) in [7, 11) is 0. The molecule has 1 aromatic heterocycles. The van der Waals surface area contributed by atoms with Crippen LogP contribution in [0.25, 0.3) is 10.9 Å². The smallest absolute Gasteiger partial charge is 0.321 e.